The van der Waals surface area contributed by atoms with E-state index in [1.54, 1.807) is 12.1 Å². The second-order valence-electron chi connectivity index (χ2n) is 4.56. The van der Waals surface area contributed by atoms with E-state index in [1.807, 2.05) is 6.92 Å². The summed E-state index contributed by atoms with van der Waals surface area (Å²) in [6, 6.07) is 4.91. The van der Waals surface area contributed by atoms with Gasteiger partial charge in [0.2, 0.25) is 0 Å². The molecule has 0 amide bonds. The number of rotatable bonds is 4. The van der Waals surface area contributed by atoms with E-state index in [9.17, 15) is 9.50 Å². The Morgan fingerprint density at radius 3 is 2.87 bits per heavy atom. The van der Waals surface area contributed by atoms with Crippen LogP contribution >= 0.6 is 0 Å². The Labute approximate surface area is 89.9 Å². The monoisotopic (exact) mass is 208 g/mol. The van der Waals surface area contributed by atoms with Gasteiger partial charge < -0.3 is 5.11 Å². The van der Waals surface area contributed by atoms with Crippen LogP contribution in [0.25, 0.3) is 0 Å². The number of aryl methyl sites for hydroxylation is 1. The quantitative estimate of drug-likeness (QED) is 0.804. The summed E-state index contributed by atoms with van der Waals surface area (Å²) >= 11 is 0. The van der Waals surface area contributed by atoms with Gasteiger partial charge in [0.15, 0.2) is 0 Å². The first-order valence-corrected chi connectivity index (χ1v) is 5.61. The van der Waals surface area contributed by atoms with Crippen molar-refractivity contribution in [3.63, 3.8) is 0 Å². The standard InChI is InChI=1S/C13H17FO/c1-9-2-6-12(14)11(8-9)13(15)7-5-10-3-4-10/h2,6,8,10,13,15H,3-5,7H2,1H3. The smallest absolute Gasteiger partial charge is 0.129 e. The summed E-state index contributed by atoms with van der Waals surface area (Å²) in [6.07, 6.45) is 3.64. The predicted octanol–water partition coefficient (Wildman–Crippen LogP) is 3.36. The molecule has 1 aromatic rings. The number of hydrogen-bond acceptors (Lipinski definition) is 1. The summed E-state index contributed by atoms with van der Waals surface area (Å²) < 4.78 is 13.4. The SMILES string of the molecule is Cc1ccc(F)c(C(O)CCC2CC2)c1. The lowest BCUT2D eigenvalue weighted by Gasteiger charge is -2.12. The van der Waals surface area contributed by atoms with Gasteiger partial charge >= 0.3 is 0 Å². The van der Waals surface area contributed by atoms with Gasteiger partial charge in [0.1, 0.15) is 5.82 Å². The Balaban J connectivity index is 2.02. The number of benzene rings is 1. The van der Waals surface area contributed by atoms with Gasteiger partial charge in [-0.1, -0.05) is 30.5 Å². The fourth-order valence-electron chi connectivity index (χ4n) is 1.87. The number of aliphatic hydroxyl groups excluding tert-OH is 1. The van der Waals surface area contributed by atoms with E-state index in [2.05, 4.69) is 0 Å². The van der Waals surface area contributed by atoms with Gasteiger partial charge in [0.25, 0.3) is 0 Å². The van der Waals surface area contributed by atoms with Gasteiger partial charge in [-0.25, -0.2) is 4.39 Å². The summed E-state index contributed by atoms with van der Waals surface area (Å²) in [6.45, 7) is 1.91. The van der Waals surface area contributed by atoms with Crippen molar-refractivity contribution in [3.05, 3.63) is 35.1 Å². The molecule has 2 heteroatoms. The van der Waals surface area contributed by atoms with Gasteiger partial charge in [0, 0.05) is 5.56 Å². The molecule has 1 nitrogen and oxygen atoms in total. The summed E-state index contributed by atoms with van der Waals surface area (Å²) in [7, 11) is 0. The molecule has 1 N–H and O–H groups in total. The van der Waals surface area contributed by atoms with E-state index in [0.717, 1.165) is 17.9 Å². The van der Waals surface area contributed by atoms with Crippen molar-refractivity contribution in [1.82, 2.24) is 0 Å². The zero-order valence-electron chi connectivity index (χ0n) is 9.04. The van der Waals surface area contributed by atoms with Gasteiger partial charge in [-0.2, -0.15) is 0 Å². The second kappa shape index (κ2) is 4.31. The fourth-order valence-corrected chi connectivity index (χ4v) is 1.87. The second-order valence-corrected chi connectivity index (χ2v) is 4.56. The van der Waals surface area contributed by atoms with Crippen LogP contribution in [0.5, 0.6) is 0 Å². The molecule has 0 aliphatic heterocycles. The van der Waals surface area contributed by atoms with E-state index in [1.165, 1.54) is 18.9 Å². The molecule has 1 aromatic carbocycles. The first-order chi connectivity index (χ1) is 7.16. The third kappa shape index (κ3) is 2.78. The Kier molecular flexibility index (Phi) is 3.06. The van der Waals surface area contributed by atoms with Crippen molar-refractivity contribution in [2.24, 2.45) is 5.92 Å². The van der Waals surface area contributed by atoms with Crippen LogP contribution in [0.4, 0.5) is 4.39 Å². The van der Waals surface area contributed by atoms with E-state index >= 15 is 0 Å². The van der Waals surface area contributed by atoms with Crippen molar-refractivity contribution >= 4 is 0 Å². The number of hydrogen-bond donors (Lipinski definition) is 1. The maximum atomic E-state index is 13.4. The lowest BCUT2D eigenvalue weighted by Crippen LogP contribution is -2.01. The minimum Gasteiger partial charge on any atom is -0.388 e. The maximum absolute atomic E-state index is 13.4. The Morgan fingerprint density at radius 2 is 2.20 bits per heavy atom. The highest BCUT2D eigenvalue weighted by Crippen LogP contribution is 2.36. The van der Waals surface area contributed by atoms with Gasteiger partial charge in [-0.15, -0.1) is 0 Å². The molecule has 2 rings (SSSR count). The van der Waals surface area contributed by atoms with Crippen LogP contribution in [-0.2, 0) is 0 Å². The zero-order chi connectivity index (χ0) is 10.8. The largest absolute Gasteiger partial charge is 0.388 e. The third-order valence-electron chi connectivity index (χ3n) is 3.06. The van der Waals surface area contributed by atoms with Crippen LogP contribution in [0.15, 0.2) is 18.2 Å². The summed E-state index contributed by atoms with van der Waals surface area (Å²) in [5.41, 5.74) is 1.45. The van der Waals surface area contributed by atoms with Crippen LogP contribution in [0.2, 0.25) is 0 Å². The summed E-state index contributed by atoms with van der Waals surface area (Å²) in [5, 5.41) is 9.86. The van der Waals surface area contributed by atoms with Crippen molar-refractivity contribution < 1.29 is 9.50 Å². The molecule has 1 atom stereocenters. The lowest BCUT2D eigenvalue weighted by atomic mass is 10.0. The van der Waals surface area contributed by atoms with Crippen molar-refractivity contribution in [3.8, 4) is 0 Å². The summed E-state index contributed by atoms with van der Waals surface area (Å²) in [5.74, 6) is 0.497. The Morgan fingerprint density at radius 1 is 1.47 bits per heavy atom. The van der Waals surface area contributed by atoms with E-state index in [-0.39, 0.29) is 5.82 Å². The van der Waals surface area contributed by atoms with Gasteiger partial charge in [-0.3, -0.25) is 0 Å². The molecule has 15 heavy (non-hydrogen) atoms. The Bertz CT molecular complexity index is 344. The number of aliphatic hydroxyl groups is 1. The molecule has 1 aliphatic carbocycles. The Hall–Kier alpha value is -0.890. The molecule has 0 bridgehead atoms. The molecule has 0 radical (unpaired) electrons. The molecule has 1 aliphatic rings. The molecule has 0 aromatic heterocycles. The average molecular weight is 208 g/mol. The topological polar surface area (TPSA) is 20.2 Å². The maximum Gasteiger partial charge on any atom is 0.129 e. The van der Waals surface area contributed by atoms with Gasteiger partial charge in [0.05, 0.1) is 6.10 Å². The van der Waals surface area contributed by atoms with Crippen LogP contribution in [0, 0.1) is 18.7 Å². The number of halogens is 1. The normalized spacial score (nSPS) is 17.8. The molecule has 0 spiro atoms. The van der Waals surface area contributed by atoms with Crippen molar-refractivity contribution in [2.75, 3.05) is 0 Å². The minimum atomic E-state index is -0.634. The molecule has 0 saturated heterocycles. The molecule has 1 fully saturated rings. The summed E-state index contributed by atoms with van der Waals surface area (Å²) in [4.78, 5) is 0. The molecule has 82 valence electrons. The first kappa shape index (κ1) is 10.6. The van der Waals surface area contributed by atoms with Crippen molar-refractivity contribution in [1.29, 1.82) is 0 Å². The van der Waals surface area contributed by atoms with Crippen LogP contribution in [0.1, 0.15) is 42.9 Å². The minimum absolute atomic E-state index is 0.288. The highest BCUT2D eigenvalue weighted by molar-refractivity contribution is 5.25. The van der Waals surface area contributed by atoms with E-state index in [0.29, 0.717) is 12.0 Å². The molecule has 1 unspecified atom stereocenters. The zero-order valence-corrected chi connectivity index (χ0v) is 9.04. The molecule has 0 heterocycles. The predicted molar refractivity (Wildman–Crippen MR) is 58.1 cm³/mol. The highest BCUT2D eigenvalue weighted by Gasteiger charge is 2.23. The lowest BCUT2D eigenvalue weighted by molar-refractivity contribution is 0.157. The van der Waals surface area contributed by atoms with Crippen LogP contribution < -0.4 is 0 Å². The third-order valence-corrected chi connectivity index (χ3v) is 3.06. The van der Waals surface area contributed by atoms with Crippen LogP contribution in [-0.4, -0.2) is 5.11 Å². The fraction of sp³-hybridized carbons (Fsp3) is 0.538. The van der Waals surface area contributed by atoms with E-state index < -0.39 is 6.10 Å². The molecular weight excluding hydrogens is 191 g/mol. The molecular formula is C13H17FO. The first-order valence-electron chi connectivity index (χ1n) is 5.61. The van der Waals surface area contributed by atoms with E-state index in [4.69, 9.17) is 0 Å². The average Bonchev–Trinajstić information content (AvgIpc) is 3.02. The van der Waals surface area contributed by atoms with Gasteiger partial charge in [-0.05, 0) is 31.7 Å². The van der Waals surface area contributed by atoms with Crippen LogP contribution in [0.3, 0.4) is 0 Å². The highest BCUT2D eigenvalue weighted by atomic mass is 19.1. The van der Waals surface area contributed by atoms with Crippen molar-refractivity contribution in [2.45, 2.75) is 38.7 Å². The molecule has 1 saturated carbocycles.